The van der Waals surface area contributed by atoms with Crippen molar-refractivity contribution in [1.29, 1.82) is 0 Å². The molecule has 0 bridgehead atoms. The number of fused-ring (bicyclic) bond motifs is 1. The quantitative estimate of drug-likeness (QED) is 0.798. The molecule has 0 atom stereocenters. The summed E-state index contributed by atoms with van der Waals surface area (Å²) in [6.45, 7) is 0. The van der Waals surface area contributed by atoms with E-state index < -0.39 is 0 Å². The van der Waals surface area contributed by atoms with Gasteiger partial charge in [0, 0.05) is 11.7 Å². The van der Waals surface area contributed by atoms with Gasteiger partial charge in [-0.05, 0) is 31.0 Å². The molecule has 1 aromatic carbocycles. The molecule has 6 heteroatoms. The molecule has 0 radical (unpaired) electrons. The zero-order chi connectivity index (χ0) is 14.9. The average molecular weight is 297 g/mol. The smallest absolute Gasteiger partial charge is 0.229 e. The van der Waals surface area contributed by atoms with E-state index >= 15 is 0 Å². The number of rotatable bonds is 3. The standard InChI is InChI=1S/C16H16FN5/c17-11-4-3-5-12(8-11)20-16-18-9-14-15(21-16)22(10-19-14)13-6-1-2-7-13/h3-5,8-10,13H,1-2,6-7H2,(H,18,20,21). The highest BCUT2D eigenvalue weighted by Gasteiger charge is 2.19. The van der Waals surface area contributed by atoms with Crippen LogP contribution in [0, 0.1) is 5.82 Å². The number of halogens is 1. The van der Waals surface area contributed by atoms with Crippen LogP contribution in [0.2, 0.25) is 0 Å². The van der Waals surface area contributed by atoms with Gasteiger partial charge in [-0.15, -0.1) is 0 Å². The van der Waals surface area contributed by atoms with E-state index in [4.69, 9.17) is 0 Å². The van der Waals surface area contributed by atoms with E-state index in [9.17, 15) is 4.39 Å². The molecule has 2 aromatic heterocycles. The number of hydrogen-bond acceptors (Lipinski definition) is 4. The largest absolute Gasteiger partial charge is 0.324 e. The minimum absolute atomic E-state index is 0.290. The summed E-state index contributed by atoms with van der Waals surface area (Å²) in [5.74, 6) is 0.167. The zero-order valence-corrected chi connectivity index (χ0v) is 12.0. The van der Waals surface area contributed by atoms with Gasteiger partial charge in [0.05, 0.1) is 12.5 Å². The first-order valence-corrected chi connectivity index (χ1v) is 7.52. The second-order valence-corrected chi connectivity index (χ2v) is 5.63. The van der Waals surface area contributed by atoms with E-state index in [1.54, 1.807) is 18.3 Å². The number of imidazole rings is 1. The normalized spacial score (nSPS) is 15.5. The molecule has 0 aliphatic heterocycles. The topological polar surface area (TPSA) is 55.6 Å². The first kappa shape index (κ1) is 13.2. The van der Waals surface area contributed by atoms with E-state index in [1.807, 2.05) is 6.33 Å². The van der Waals surface area contributed by atoms with Crippen molar-refractivity contribution in [3.63, 3.8) is 0 Å². The van der Waals surface area contributed by atoms with Crippen LogP contribution in [0.15, 0.2) is 36.8 Å². The zero-order valence-electron chi connectivity index (χ0n) is 12.0. The first-order chi connectivity index (χ1) is 10.8. The van der Waals surface area contributed by atoms with Crippen LogP contribution in [0.3, 0.4) is 0 Å². The summed E-state index contributed by atoms with van der Waals surface area (Å²) in [6.07, 6.45) is 8.40. The van der Waals surface area contributed by atoms with Crippen molar-refractivity contribution in [1.82, 2.24) is 19.5 Å². The number of benzene rings is 1. The number of nitrogens with one attached hydrogen (secondary N) is 1. The van der Waals surface area contributed by atoms with E-state index in [2.05, 4.69) is 24.8 Å². The van der Waals surface area contributed by atoms with E-state index in [0.29, 0.717) is 17.7 Å². The summed E-state index contributed by atoms with van der Waals surface area (Å²) in [5.41, 5.74) is 2.25. The molecule has 2 heterocycles. The van der Waals surface area contributed by atoms with Gasteiger partial charge in [-0.25, -0.2) is 14.4 Å². The summed E-state index contributed by atoms with van der Waals surface area (Å²) in [5, 5.41) is 3.04. The number of hydrogen-bond donors (Lipinski definition) is 1. The van der Waals surface area contributed by atoms with Crippen LogP contribution in [0.4, 0.5) is 16.0 Å². The lowest BCUT2D eigenvalue weighted by Gasteiger charge is -2.12. The Bertz CT molecular complexity index is 807. The second kappa shape index (κ2) is 5.36. The molecular formula is C16H16FN5. The van der Waals surface area contributed by atoms with Crippen molar-refractivity contribution < 1.29 is 4.39 Å². The van der Waals surface area contributed by atoms with Gasteiger partial charge in [0.25, 0.3) is 0 Å². The molecule has 1 aliphatic carbocycles. The highest BCUT2D eigenvalue weighted by atomic mass is 19.1. The summed E-state index contributed by atoms with van der Waals surface area (Å²) >= 11 is 0. The van der Waals surface area contributed by atoms with Crippen molar-refractivity contribution >= 4 is 22.8 Å². The minimum Gasteiger partial charge on any atom is -0.324 e. The monoisotopic (exact) mass is 297 g/mol. The first-order valence-electron chi connectivity index (χ1n) is 7.52. The van der Waals surface area contributed by atoms with Gasteiger partial charge >= 0.3 is 0 Å². The number of nitrogens with zero attached hydrogens (tertiary/aromatic N) is 4. The molecule has 22 heavy (non-hydrogen) atoms. The molecule has 1 N–H and O–H groups in total. The van der Waals surface area contributed by atoms with Crippen LogP contribution >= 0.6 is 0 Å². The maximum absolute atomic E-state index is 13.2. The third kappa shape index (κ3) is 2.41. The number of aromatic nitrogens is 4. The van der Waals surface area contributed by atoms with Crippen LogP contribution in [-0.4, -0.2) is 19.5 Å². The molecule has 1 saturated carbocycles. The Morgan fingerprint density at radius 3 is 2.86 bits per heavy atom. The minimum atomic E-state index is -0.290. The van der Waals surface area contributed by atoms with Crippen molar-refractivity contribution in [2.24, 2.45) is 0 Å². The Balaban J connectivity index is 1.68. The Labute approximate surface area is 127 Å². The van der Waals surface area contributed by atoms with Crippen LogP contribution in [0.5, 0.6) is 0 Å². The third-order valence-corrected chi connectivity index (χ3v) is 4.11. The lowest BCUT2D eigenvalue weighted by atomic mass is 10.2. The maximum Gasteiger partial charge on any atom is 0.229 e. The molecule has 0 amide bonds. The molecule has 1 aliphatic rings. The molecule has 5 nitrogen and oxygen atoms in total. The fraction of sp³-hybridized carbons (Fsp3) is 0.312. The fourth-order valence-corrected chi connectivity index (χ4v) is 3.03. The highest BCUT2D eigenvalue weighted by Crippen LogP contribution is 2.31. The molecular weight excluding hydrogens is 281 g/mol. The van der Waals surface area contributed by atoms with Crippen molar-refractivity contribution in [2.75, 3.05) is 5.32 Å². The van der Waals surface area contributed by atoms with Crippen molar-refractivity contribution in [3.05, 3.63) is 42.6 Å². The summed E-state index contributed by atoms with van der Waals surface area (Å²) in [6, 6.07) is 6.73. The van der Waals surface area contributed by atoms with E-state index in [0.717, 1.165) is 11.2 Å². The fourth-order valence-electron chi connectivity index (χ4n) is 3.03. The third-order valence-electron chi connectivity index (χ3n) is 4.11. The highest BCUT2D eigenvalue weighted by molar-refractivity contribution is 5.72. The van der Waals surface area contributed by atoms with Gasteiger partial charge in [0.2, 0.25) is 5.95 Å². The van der Waals surface area contributed by atoms with Gasteiger partial charge in [-0.3, -0.25) is 0 Å². The van der Waals surface area contributed by atoms with Gasteiger partial charge in [-0.2, -0.15) is 4.98 Å². The SMILES string of the molecule is Fc1cccc(Nc2ncc3ncn(C4CCCC4)c3n2)c1. The van der Waals surface area contributed by atoms with Crippen LogP contribution in [0.25, 0.3) is 11.2 Å². The second-order valence-electron chi connectivity index (χ2n) is 5.63. The summed E-state index contributed by atoms with van der Waals surface area (Å²) in [7, 11) is 0. The van der Waals surface area contributed by atoms with E-state index in [1.165, 1.54) is 37.8 Å². The summed E-state index contributed by atoms with van der Waals surface area (Å²) in [4.78, 5) is 13.2. The molecule has 3 aromatic rings. The summed E-state index contributed by atoms with van der Waals surface area (Å²) < 4.78 is 15.4. The molecule has 4 rings (SSSR count). The lowest BCUT2D eigenvalue weighted by Crippen LogP contribution is -2.05. The molecule has 0 saturated heterocycles. The Kier molecular flexibility index (Phi) is 3.21. The molecule has 1 fully saturated rings. The van der Waals surface area contributed by atoms with Crippen LogP contribution < -0.4 is 5.32 Å². The lowest BCUT2D eigenvalue weighted by molar-refractivity contribution is 0.529. The molecule has 112 valence electrons. The maximum atomic E-state index is 13.2. The van der Waals surface area contributed by atoms with Gasteiger partial charge in [0.15, 0.2) is 5.65 Å². The Morgan fingerprint density at radius 1 is 1.18 bits per heavy atom. The predicted octanol–water partition coefficient (Wildman–Crippen LogP) is 3.82. The average Bonchev–Trinajstić information content (AvgIpc) is 3.15. The Morgan fingerprint density at radius 2 is 2.05 bits per heavy atom. The van der Waals surface area contributed by atoms with Gasteiger partial charge in [0.1, 0.15) is 11.3 Å². The molecule has 0 spiro atoms. The van der Waals surface area contributed by atoms with Crippen molar-refractivity contribution in [2.45, 2.75) is 31.7 Å². The van der Waals surface area contributed by atoms with Crippen LogP contribution in [-0.2, 0) is 0 Å². The van der Waals surface area contributed by atoms with Gasteiger partial charge < -0.3 is 9.88 Å². The predicted molar refractivity (Wildman–Crippen MR) is 82.5 cm³/mol. The van der Waals surface area contributed by atoms with Gasteiger partial charge in [-0.1, -0.05) is 18.9 Å². The van der Waals surface area contributed by atoms with Crippen LogP contribution in [0.1, 0.15) is 31.7 Å². The number of anilines is 2. The van der Waals surface area contributed by atoms with E-state index in [-0.39, 0.29) is 5.82 Å². The molecule has 0 unspecified atom stereocenters. The Hall–Kier alpha value is -2.50. The van der Waals surface area contributed by atoms with Crippen molar-refractivity contribution in [3.8, 4) is 0 Å².